The molecule has 1 saturated heterocycles. The number of fused-ring (bicyclic) bond motifs is 1. The average molecular weight is 276 g/mol. The maximum Gasteiger partial charge on any atom is 0.252 e. The van der Waals surface area contributed by atoms with Gasteiger partial charge in [0.15, 0.2) is 11.5 Å². The van der Waals surface area contributed by atoms with E-state index >= 15 is 0 Å². The number of amides is 2. The molecule has 0 saturated carbocycles. The van der Waals surface area contributed by atoms with Crippen molar-refractivity contribution >= 4 is 17.5 Å². The highest BCUT2D eigenvalue weighted by molar-refractivity contribution is 6.09. The number of nitrogens with zero attached hydrogens (tertiary/aromatic N) is 1. The Balaban J connectivity index is 1.96. The number of ether oxygens (including phenoxy) is 2. The molecule has 1 unspecified atom stereocenters. The minimum absolute atomic E-state index is 0.0219. The van der Waals surface area contributed by atoms with Crippen molar-refractivity contribution in [2.24, 2.45) is 0 Å². The molecule has 0 aliphatic carbocycles. The second kappa shape index (κ2) is 4.40. The van der Waals surface area contributed by atoms with E-state index in [2.05, 4.69) is 5.32 Å². The van der Waals surface area contributed by atoms with Crippen LogP contribution in [0.2, 0.25) is 0 Å². The van der Waals surface area contributed by atoms with Crippen molar-refractivity contribution in [2.45, 2.75) is 25.8 Å². The van der Waals surface area contributed by atoms with Crippen molar-refractivity contribution in [2.75, 3.05) is 18.2 Å². The minimum Gasteiger partial charge on any atom is -0.454 e. The van der Waals surface area contributed by atoms with E-state index in [0.717, 1.165) is 0 Å². The van der Waals surface area contributed by atoms with Crippen LogP contribution >= 0.6 is 0 Å². The summed E-state index contributed by atoms with van der Waals surface area (Å²) >= 11 is 0. The molecule has 20 heavy (non-hydrogen) atoms. The molecule has 3 rings (SSSR count). The van der Waals surface area contributed by atoms with Crippen LogP contribution in [0.25, 0.3) is 0 Å². The molecule has 0 radical (unpaired) electrons. The van der Waals surface area contributed by atoms with Gasteiger partial charge in [-0.3, -0.25) is 9.59 Å². The Morgan fingerprint density at radius 1 is 1.30 bits per heavy atom. The quantitative estimate of drug-likeness (QED) is 0.876. The Labute approximate surface area is 116 Å². The number of carbonyl (C=O) groups is 2. The first kappa shape index (κ1) is 12.8. The van der Waals surface area contributed by atoms with E-state index in [1.807, 2.05) is 6.92 Å². The summed E-state index contributed by atoms with van der Waals surface area (Å²) in [5, 5.41) is 2.76. The molecule has 0 spiro atoms. The zero-order chi connectivity index (χ0) is 14.3. The normalized spacial score (nSPS) is 24.8. The average Bonchev–Trinajstić information content (AvgIpc) is 2.90. The molecule has 0 aromatic heterocycles. The number of hydrogen-bond acceptors (Lipinski definition) is 4. The van der Waals surface area contributed by atoms with Crippen LogP contribution in [0.3, 0.4) is 0 Å². The Hall–Kier alpha value is -2.24. The lowest BCUT2D eigenvalue weighted by Crippen LogP contribution is -2.65. The predicted molar refractivity (Wildman–Crippen MR) is 71.8 cm³/mol. The number of piperazine rings is 1. The zero-order valence-corrected chi connectivity index (χ0v) is 11.4. The molecular weight excluding hydrogens is 260 g/mol. The van der Waals surface area contributed by atoms with E-state index < -0.39 is 5.54 Å². The summed E-state index contributed by atoms with van der Waals surface area (Å²) in [5.74, 6) is 0.977. The molecule has 1 aromatic carbocycles. The molecule has 2 heterocycles. The van der Waals surface area contributed by atoms with Gasteiger partial charge in [0.1, 0.15) is 12.1 Å². The highest BCUT2D eigenvalue weighted by atomic mass is 16.7. The zero-order valence-electron chi connectivity index (χ0n) is 11.4. The van der Waals surface area contributed by atoms with E-state index in [0.29, 0.717) is 23.6 Å². The van der Waals surface area contributed by atoms with Gasteiger partial charge in [-0.1, -0.05) is 6.92 Å². The van der Waals surface area contributed by atoms with E-state index in [1.165, 1.54) is 4.90 Å². The van der Waals surface area contributed by atoms with E-state index in [1.54, 1.807) is 25.1 Å². The van der Waals surface area contributed by atoms with E-state index in [9.17, 15) is 9.59 Å². The number of rotatable bonds is 2. The molecule has 1 fully saturated rings. The van der Waals surface area contributed by atoms with Gasteiger partial charge in [0.25, 0.3) is 5.91 Å². The molecule has 1 N–H and O–H groups in total. The molecule has 2 aliphatic heterocycles. The standard InChI is InChI=1S/C14H16N2O4/c1-3-14(2)13(18)16(7-12(17)15-14)9-4-5-10-11(6-9)20-8-19-10/h4-6H,3,7-8H2,1-2H3,(H,15,17). The van der Waals surface area contributed by atoms with E-state index in [4.69, 9.17) is 9.47 Å². The van der Waals surface area contributed by atoms with Crippen LogP contribution in [-0.2, 0) is 9.59 Å². The molecule has 2 aliphatic rings. The third-order valence-corrected chi connectivity index (χ3v) is 3.81. The first-order valence-corrected chi connectivity index (χ1v) is 6.56. The molecule has 1 aromatic rings. The van der Waals surface area contributed by atoms with Gasteiger partial charge in [-0.25, -0.2) is 0 Å². The van der Waals surface area contributed by atoms with Crippen molar-refractivity contribution in [3.63, 3.8) is 0 Å². The minimum atomic E-state index is -0.855. The topological polar surface area (TPSA) is 67.9 Å². The molecule has 2 amide bonds. The molecular formula is C14H16N2O4. The Morgan fingerprint density at radius 3 is 2.80 bits per heavy atom. The summed E-state index contributed by atoms with van der Waals surface area (Å²) in [6, 6.07) is 5.25. The van der Waals surface area contributed by atoms with Crippen molar-refractivity contribution in [3.05, 3.63) is 18.2 Å². The van der Waals surface area contributed by atoms with Gasteiger partial charge in [0, 0.05) is 11.8 Å². The number of hydrogen-bond donors (Lipinski definition) is 1. The van der Waals surface area contributed by atoms with Crippen LogP contribution in [0.15, 0.2) is 18.2 Å². The monoisotopic (exact) mass is 276 g/mol. The summed E-state index contributed by atoms with van der Waals surface area (Å²) in [4.78, 5) is 25.9. The van der Waals surface area contributed by atoms with Gasteiger partial charge in [-0.2, -0.15) is 0 Å². The summed E-state index contributed by atoms with van der Waals surface area (Å²) in [6.07, 6.45) is 0.540. The predicted octanol–water partition coefficient (Wildman–Crippen LogP) is 1.05. The lowest BCUT2D eigenvalue weighted by atomic mass is 9.94. The SMILES string of the molecule is CCC1(C)NC(=O)CN(c2ccc3c(c2)OCO3)C1=O. The van der Waals surface area contributed by atoms with Crippen molar-refractivity contribution < 1.29 is 19.1 Å². The van der Waals surface area contributed by atoms with E-state index in [-0.39, 0.29) is 25.2 Å². The first-order valence-electron chi connectivity index (χ1n) is 6.56. The molecule has 1 atom stereocenters. The van der Waals surface area contributed by atoms with Gasteiger partial charge < -0.3 is 19.7 Å². The number of nitrogens with one attached hydrogen (secondary N) is 1. The smallest absolute Gasteiger partial charge is 0.252 e. The Morgan fingerprint density at radius 2 is 2.05 bits per heavy atom. The van der Waals surface area contributed by atoms with Crippen LogP contribution in [0, 0.1) is 0 Å². The van der Waals surface area contributed by atoms with Crippen LogP contribution < -0.4 is 19.7 Å². The third kappa shape index (κ3) is 1.88. The largest absolute Gasteiger partial charge is 0.454 e. The van der Waals surface area contributed by atoms with Crippen molar-refractivity contribution in [3.8, 4) is 11.5 Å². The first-order chi connectivity index (χ1) is 9.53. The summed E-state index contributed by atoms with van der Waals surface area (Å²) < 4.78 is 10.6. The van der Waals surface area contributed by atoms with Gasteiger partial charge >= 0.3 is 0 Å². The maximum absolute atomic E-state index is 12.6. The van der Waals surface area contributed by atoms with Gasteiger partial charge in [0.05, 0.1) is 0 Å². The highest BCUT2D eigenvalue weighted by Gasteiger charge is 2.42. The fraction of sp³-hybridized carbons (Fsp3) is 0.429. The molecule has 0 bridgehead atoms. The van der Waals surface area contributed by atoms with Crippen LogP contribution in [-0.4, -0.2) is 30.7 Å². The van der Waals surface area contributed by atoms with Crippen molar-refractivity contribution in [1.82, 2.24) is 5.32 Å². The lowest BCUT2D eigenvalue weighted by molar-refractivity contribution is -0.135. The Kier molecular flexibility index (Phi) is 2.81. The second-order valence-electron chi connectivity index (χ2n) is 5.16. The number of carbonyl (C=O) groups excluding carboxylic acids is 2. The van der Waals surface area contributed by atoms with Gasteiger partial charge in [-0.05, 0) is 25.5 Å². The molecule has 6 nitrogen and oxygen atoms in total. The molecule has 106 valence electrons. The van der Waals surface area contributed by atoms with Gasteiger partial charge in [0.2, 0.25) is 12.7 Å². The van der Waals surface area contributed by atoms with Crippen LogP contribution in [0.5, 0.6) is 11.5 Å². The lowest BCUT2D eigenvalue weighted by Gasteiger charge is -2.39. The summed E-state index contributed by atoms with van der Waals surface area (Å²) in [5.41, 5.74) is -0.208. The van der Waals surface area contributed by atoms with Gasteiger partial charge in [-0.15, -0.1) is 0 Å². The second-order valence-corrected chi connectivity index (χ2v) is 5.16. The third-order valence-electron chi connectivity index (χ3n) is 3.81. The summed E-state index contributed by atoms with van der Waals surface area (Å²) in [6.45, 7) is 3.82. The van der Waals surface area contributed by atoms with Crippen molar-refractivity contribution in [1.29, 1.82) is 0 Å². The Bertz CT molecular complexity index is 587. The number of benzene rings is 1. The fourth-order valence-electron chi connectivity index (χ4n) is 2.42. The number of anilines is 1. The summed E-state index contributed by atoms with van der Waals surface area (Å²) in [7, 11) is 0. The fourth-order valence-corrected chi connectivity index (χ4v) is 2.42. The maximum atomic E-state index is 12.6. The highest BCUT2D eigenvalue weighted by Crippen LogP contribution is 2.36. The van der Waals surface area contributed by atoms with Crippen LogP contribution in [0.1, 0.15) is 20.3 Å². The van der Waals surface area contributed by atoms with Crippen LogP contribution in [0.4, 0.5) is 5.69 Å². The molecule has 6 heteroatoms.